The largest absolute Gasteiger partial charge is 0.489 e. The summed E-state index contributed by atoms with van der Waals surface area (Å²) >= 11 is 0. The summed E-state index contributed by atoms with van der Waals surface area (Å²) in [7, 11) is 0. The Labute approximate surface area is 274 Å². The lowest BCUT2D eigenvalue weighted by molar-refractivity contribution is -0.133. The molecule has 0 bridgehead atoms. The first-order valence-corrected chi connectivity index (χ1v) is 16.6. The minimum atomic E-state index is -0.841. The van der Waals surface area contributed by atoms with E-state index in [1.54, 1.807) is 17.0 Å². The van der Waals surface area contributed by atoms with Gasteiger partial charge in [0.15, 0.2) is 0 Å². The molecular weight excluding hydrogens is 578 g/mol. The Hall–Kier alpha value is -4.33. The van der Waals surface area contributed by atoms with Gasteiger partial charge in [-0.05, 0) is 52.8 Å². The van der Waals surface area contributed by atoms with E-state index in [0.717, 1.165) is 47.4 Å². The Morgan fingerprint density at radius 3 is 2.22 bits per heavy atom. The van der Waals surface area contributed by atoms with E-state index in [2.05, 4.69) is 25.9 Å². The Morgan fingerprint density at radius 1 is 0.935 bits per heavy atom. The number of ether oxygens (including phenoxy) is 1. The molecule has 246 valence electrons. The van der Waals surface area contributed by atoms with Crippen LogP contribution in [0.4, 0.5) is 5.69 Å². The summed E-state index contributed by atoms with van der Waals surface area (Å²) in [4.78, 5) is 52.8. The standard InChI is InChI=1S/C36H43N3O5.C2H6/c1-4-9-29(5-2)26(3)33-17-14-30(36(42)37-43)22-34(33)39(24-35(41)38-20-18-31(40)19-21-38)23-27-12-15-32(16-13-27)44-25-28-10-7-6-8-11-28;1-2/h6-8,10-17,22,26,29H,4-5,9,18-21,23-25H2,1-3H3;1-2H3. The molecule has 0 saturated carbocycles. The van der Waals surface area contributed by atoms with Crippen LogP contribution >= 0.6 is 0 Å². The third-order valence-corrected chi connectivity index (χ3v) is 8.63. The number of piperidine rings is 1. The van der Waals surface area contributed by atoms with Crippen LogP contribution in [0.3, 0.4) is 0 Å². The van der Waals surface area contributed by atoms with Gasteiger partial charge in [0, 0.05) is 48.9 Å². The van der Waals surface area contributed by atoms with Crippen molar-refractivity contribution in [3.8, 4) is 5.75 Å². The number of nitrogens with zero attached hydrogens (tertiary/aromatic N) is 3. The molecule has 1 fully saturated rings. The van der Waals surface area contributed by atoms with E-state index >= 15 is 0 Å². The highest BCUT2D eigenvalue weighted by atomic mass is 16.5. The van der Waals surface area contributed by atoms with E-state index in [9.17, 15) is 19.3 Å². The zero-order valence-electron chi connectivity index (χ0n) is 28.0. The van der Waals surface area contributed by atoms with Crippen LogP contribution in [0.25, 0.3) is 0 Å². The molecule has 0 spiro atoms. The molecule has 1 heterocycles. The summed E-state index contributed by atoms with van der Waals surface area (Å²) < 4.78 is 5.98. The maximum Gasteiger partial charge on any atom is 0.316 e. The number of nitroso groups, excluding NO2 is 1. The Balaban J connectivity index is 0.00000282. The zero-order chi connectivity index (χ0) is 33.5. The second-order valence-corrected chi connectivity index (χ2v) is 11.6. The molecule has 2 unspecified atom stereocenters. The average Bonchev–Trinajstić information content (AvgIpc) is 3.10. The van der Waals surface area contributed by atoms with E-state index in [0.29, 0.717) is 45.0 Å². The molecule has 46 heavy (non-hydrogen) atoms. The first-order chi connectivity index (χ1) is 22.3. The Morgan fingerprint density at radius 2 is 1.61 bits per heavy atom. The average molecular weight is 628 g/mol. The Bertz CT molecular complexity index is 1410. The minimum absolute atomic E-state index is 0.0664. The third kappa shape index (κ3) is 10.1. The predicted octanol–water partition coefficient (Wildman–Crippen LogP) is 8.33. The fourth-order valence-electron chi connectivity index (χ4n) is 5.97. The van der Waals surface area contributed by atoms with Gasteiger partial charge in [-0.3, -0.25) is 14.4 Å². The van der Waals surface area contributed by atoms with Crippen LogP contribution in [0.1, 0.15) is 99.7 Å². The molecule has 3 aromatic rings. The molecule has 4 rings (SSSR count). The van der Waals surface area contributed by atoms with E-state index in [1.165, 1.54) is 0 Å². The highest BCUT2D eigenvalue weighted by Gasteiger charge is 2.27. The van der Waals surface area contributed by atoms with Crippen LogP contribution in [0.2, 0.25) is 0 Å². The van der Waals surface area contributed by atoms with Crippen LogP contribution in [0.15, 0.2) is 78.0 Å². The molecule has 8 nitrogen and oxygen atoms in total. The summed E-state index contributed by atoms with van der Waals surface area (Å²) in [5.74, 6) is 0.559. The van der Waals surface area contributed by atoms with Crippen molar-refractivity contribution in [1.29, 1.82) is 0 Å². The molecular formula is C38H49N3O5. The van der Waals surface area contributed by atoms with E-state index in [-0.39, 0.29) is 29.7 Å². The van der Waals surface area contributed by atoms with Crippen LogP contribution in [-0.2, 0) is 22.7 Å². The smallest absolute Gasteiger partial charge is 0.316 e. The number of hydrogen-bond donors (Lipinski definition) is 0. The minimum Gasteiger partial charge on any atom is -0.489 e. The summed E-state index contributed by atoms with van der Waals surface area (Å²) in [6.07, 6.45) is 3.83. The topological polar surface area (TPSA) is 96.4 Å². The number of likely N-dealkylation sites (tertiary alicyclic amines) is 1. The summed E-state index contributed by atoms with van der Waals surface area (Å²) in [6.45, 7) is 12.3. The van der Waals surface area contributed by atoms with E-state index < -0.39 is 5.91 Å². The van der Waals surface area contributed by atoms with Gasteiger partial charge in [0.05, 0.1) is 6.54 Å². The van der Waals surface area contributed by atoms with Gasteiger partial charge < -0.3 is 14.5 Å². The van der Waals surface area contributed by atoms with Gasteiger partial charge in [0.2, 0.25) is 5.91 Å². The van der Waals surface area contributed by atoms with Crippen molar-refractivity contribution in [3.05, 3.63) is 100.0 Å². The lowest BCUT2D eigenvalue weighted by Crippen LogP contribution is -2.44. The van der Waals surface area contributed by atoms with Crippen LogP contribution in [0, 0.1) is 10.8 Å². The quantitative estimate of drug-likeness (QED) is 0.167. The molecule has 0 N–H and O–H groups in total. The molecule has 8 heteroatoms. The van der Waals surface area contributed by atoms with Gasteiger partial charge in [-0.25, -0.2) is 0 Å². The maximum atomic E-state index is 13.6. The van der Waals surface area contributed by atoms with Gasteiger partial charge in [0.1, 0.15) is 18.1 Å². The first-order valence-electron chi connectivity index (χ1n) is 16.6. The van der Waals surface area contributed by atoms with Gasteiger partial charge in [0.25, 0.3) is 0 Å². The summed E-state index contributed by atoms with van der Waals surface area (Å²) in [5.41, 5.74) is 4.00. The van der Waals surface area contributed by atoms with Crippen LogP contribution in [-0.4, -0.2) is 42.1 Å². The molecule has 1 aliphatic rings. The number of carbonyl (C=O) groups excluding carboxylic acids is 3. The second kappa shape index (κ2) is 18.6. The highest BCUT2D eigenvalue weighted by molar-refractivity contribution is 5.96. The second-order valence-electron chi connectivity index (χ2n) is 11.6. The van der Waals surface area contributed by atoms with Gasteiger partial charge >= 0.3 is 5.91 Å². The fraction of sp³-hybridized carbons (Fsp3) is 0.447. The maximum absolute atomic E-state index is 13.6. The number of rotatable bonds is 14. The van der Waals surface area contributed by atoms with Crippen molar-refractivity contribution in [3.63, 3.8) is 0 Å². The van der Waals surface area contributed by atoms with Crippen molar-refractivity contribution < 1.29 is 19.1 Å². The number of amides is 2. The van der Waals surface area contributed by atoms with Crippen molar-refractivity contribution in [2.45, 2.75) is 85.8 Å². The normalized spacial score (nSPS) is 14.0. The number of Topliss-reactive ketones (excluding diaryl/α,β-unsaturated/α-hetero) is 1. The van der Waals surface area contributed by atoms with Gasteiger partial charge in [-0.1, -0.05) is 102 Å². The lowest BCUT2D eigenvalue weighted by atomic mass is 9.81. The molecule has 3 aromatic carbocycles. The number of anilines is 1. The lowest BCUT2D eigenvalue weighted by Gasteiger charge is -2.34. The Kier molecular flexibility index (Phi) is 14.6. The van der Waals surface area contributed by atoms with Crippen LogP contribution in [0.5, 0.6) is 5.75 Å². The fourth-order valence-corrected chi connectivity index (χ4v) is 5.97. The zero-order valence-corrected chi connectivity index (χ0v) is 28.0. The monoisotopic (exact) mass is 627 g/mol. The van der Waals surface area contributed by atoms with E-state index in [4.69, 9.17) is 4.74 Å². The summed E-state index contributed by atoms with van der Waals surface area (Å²) in [5, 5.41) is 2.66. The van der Waals surface area contributed by atoms with Gasteiger partial charge in [-0.2, -0.15) is 0 Å². The van der Waals surface area contributed by atoms with Crippen molar-refractivity contribution in [1.82, 2.24) is 4.90 Å². The van der Waals surface area contributed by atoms with Crippen molar-refractivity contribution in [2.75, 3.05) is 24.5 Å². The highest BCUT2D eigenvalue weighted by Crippen LogP contribution is 2.37. The predicted molar refractivity (Wildman–Crippen MR) is 184 cm³/mol. The molecule has 2 amide bonds. The number of hydrogen-bond acceptors (Lipinski definition) is 6. The van der Waals surface area contributed by atoms with E-state index in [1.807, 2.05) is 79.4 Å². The number of carbonyl (C=O) groups is 3. The molecule has 1 saturated heterocycles. The molecule has 2 atom stereocenters. The molecule has 0 aliphatic carbocycles. The third-order valence-electron chi connectivity index (χ3n) is 8.63. The number of benzene rings is 3. The molecule has 0 aromatic heterocycles. The van der Waals surface area contributed by atoms with Gasteiger partial charge in [-0.15, -0.1) is 4.91 Å². The van der Waals surface area contributed by atoms with Crippen LogP contribution < -0.4 is 9.64 Å². The molecule has 1 aliphatic heterocycles. The summed E-state index contributed by atoms with van der Waals surface area (Å²) in [6, 6.07) is 23.0. The van der Waals surface area contributed by atoms with Crippen molar-refractivity contribution in [2.24, 2.45) is 11.1 Å². The number of ketones is 1. The molecule has 0 radical (unpaired) electrons. The first kappa shape index (κ1) is 36.1. The van der Waals surface area contributed by atoms with Crippen molar-refractivity contribution >= 4 is 23.3 Å². The SMILES string of the molecule is CC.CCCC(CC)C(C)c1ccc(C(=O)N=O)cc1N(CC(=O)N1CCC(=O)CC1)Cc1ccc(OCc2ccccc2)cc1.